The van der Waals surface area contributed by atoms with Gasteiger partial charge in [0.05, 0.1) is 0 Å². The molecule has 57 heavy (non-hydrogen) atoms. The van der Waals surface area contributed by atoms with Gasteiger partial charge >= 0.3 is 0 Å². The molecule has 0 atom stereocenters. The standard InChI is InChI=1S/C54H67BN2/c1-33-22-47-49-48(23-33)57(42-30-39(53(11,12)13)27-40(31-42)54(14,15)16)46-32-36(50(2,3)4)20-21-43(46)55(49)44-24-34-18-17-19-35(34)25-45(44)56(47)41-28-37(51(5,6)7)26-38(29-41)52(8,9)10/h20-32H,17-19H2,1-16H3. The summed E-state index contributed by atoms with van der Waals surface area (Å²) in [5, 5.41) is 0. The van der Waals surface area contributed by atoms with Gasteiger partial charge < -0.3 is 9.80 Å². The molecule has 2 aliphatic heterocycles. The van der Waals surface area contributed by atoms with Crippen LogP contribution in [0, 0.1) is 6.92 Å². The molecule has 5 aromatic rings. The molecule has 296 valence electrons. The van der Waals surface area contributed by atoms with Crippen LogP contribution >= 0.6 is 0 Å². The van der Waals surface area contributed by atoms with Gasteiger partial charge in [-0.05, 0) is 163 Å². The summed E-state index contributed by atoms with van der Waals surface area (Å²) in [5.41, 5.74) is 23.3. The Morgan fingerprint density at radius 2 is 0.807 bits per heavy atom. The average Bonchev–Trinajstić information content (AvgIpc) is 3.55. The largest absolute Gasteiger partial charge is 0.311 e. The first-order valence-corrected chi connectivity index (χ1v) is 21.7. The fourth-order valence-electron chi connectivity index (χ4n) is 9.44. The number of anilines is 6. The van der Waals surface area contributed by atoms with E-state index in [-0.39, 0.29) is 33.8 Å². The lowest BCUT2D eigenvalue weighted by Crippen LogP contribution is -2.61. The quantitative estimate of drug-likeness (QED) is 0.162. The first-order valence-electron chi connectivity index (χ1n) is 21.7. The van der Waals surface area contributed by atoms with E-state index in [0.29, 0.717) is 0 Å². The van der Waals surface area contributed by atoms with E-state index >= 15 is 0 Å². The van der Waals surface area contributed by atoms with Crippen LogP contribution in [0.3, 0.4) is 0 Å². The van der Waals surface area contributed by atoms with Crippen molar-refractivity contribution in [2.24, 2.45) is 0 Å². The monoisotopic (exact) mass is 755 g/mol. The summed E-state index contributed by atoms with van der Waals surface area (Å²) in [6.07, 6.45) is 3.54. The summed E-state index contributed by atoms with van der Waals surface area (Å²) in [6, 6.07) is 32.5. The number of benzene rings is 5. The van der Waals surface area contributed by atoms with Crippen molar-refractivity contribution in [2.45, 2.75) is 157 Å². The second-order valence-corrected chi connectivity index (χ2v) is 22.9. The summed E-state index contributed by atoms with van der Waals surface area (Å²) in [6.45, 7) is 37.8. The molecular weight excluding hydrogens is 687 g/mol. The van der Waals surface area contributed by atoms with Gasteiger partial charge in [0.2, 0.25) is 0 Å². The predicted molar refractivity (Wildman–Crippen MR) is 251 cm³/mol. The number of aryl methyl sites for hydroxylation is 3. The highest BCUT2D eigenvalue weighted by Gasteiger charge is 2.45. The molecule has 2 nitrogen and oxygen atoms in total. The number of hydrogen-bond donors (Lipinski definition) is 0. The summed E-state index contributed by atoms with van der Waals surface area (Å²) >= 11 is 0. The Bertz CT molecular complexity index is 2360. The molecule has 3 aliphatic rings. The molecule has 0 spiro atoms. The molecule has 3 heteroatoms. The highest BCUT2D eigenvalue weighted by Crippen LogP contribution is 2.48. The average molecular weight is 755 g/mol. The summed E-state index contributed by atoms with van der Waals surface area (Å²) in [7, 11) is 0. The van der Waals surface area contributed by atoms with E-state index in [9.17, 15) is 0 Å². The summed E-state index contributed by atoms with van der Waals surface area (Å²) in [5.74, 6) is 0. The number of hydrogen-bond acceptors (Lipinski definition) is 2. The van der Waals surface area contributed by atoms with Crippen LogP contribution in [0.25, 0.3) is 0 Å². The Morgan fingerprint density at radius 1 is 0.404 bits per heavy atom. The van der Waals surface area contributed by atoms with Crippen LogP contribution in [0.4, 0.5) is 34.1 Å². The Hall–Kier alpha value is -4.24. The van der Waals surface area contributed by atoms with Crippen LogP contribution in [0.1, 0.15) is 155 Å². The molecule has 0 amide bonds. The fraction of sp³-hybridized carbons (Fsp3) is 0.444. The van der Waals surface area contributed by atoms with Crippen molar-refractivity contribution in [1.29, 1.82) is 0 Å². The lowest BCUT2D eigenvalue weighted by molar-refractivity contribution is 0.568. The fourth-order valence-corrected chi connectivity index (χ4v) is 9.44. The molecule has 0 N–H and O–H groups in total. The van der Waals surface area contributed by atoms with Crippen LogP contribution in [0.15, 0.2) is 78.9 Å². The van der Waals surface area contributed by atoms with E-state index < -0.39 is 0 Å². The first kappa shape index (κ1) is 39.6. The molecule has 0 saturated carbocycles. The smallest absolute Gasteiger partial charge is 0.252 e. The predicted octanol–water partition coefficient (Wildman–Crippen LogP) is 13.1. The van der Waals surface area contributed by atoms with Gasteiger partial charge in [0.1, 0.15) is 0 Å². The van der Waals surface area contributed by atoms with Crippen molar-refractivity contribution in [3.05, 3.63) is 123 Å². The molecule has 0 radical (unpaired) electrons. The van der Waals surface area contributed by atoms with Gasteiger partial charge in [0.25, 0.3) is 6.71 Å². The third-order valence-electron chi connectivity index (χ3n) is 13.1. The van der Waals surface area contributed by atoms with Crippen molar-refractivity contribution in [2.75, 3.05) is 9.80 Å². The number of fused-ring (bicyclic) bond motifs is 5. The Balaban J connectivity index is 1.51. The molecule has 0 unspecified atom stereocenters. The minimum Gasteiger partial charge on any atom is -0.311 e. The van der Waals surface area contributed by atoms with Gasteiger partial charge in [-0.25, -0.2) is 0 Å². The van der Waals surface area contributed by atoms with Crippen LogP contribution in [0.5, 0.6) is 0 Å². The second-order valence-electron chi connectivity index (χ2n) is 22.9. The zero-order valence-electron chi connectivity index (χ0n) is 38.1. The lowest BCUT2D eigenvalue weighted by Gasteiger charge is -2.45. The molecule has 0 saturated heterocycles. The molecule has 2 heterocycles. The van der Waals surface area contributed by atoms with Crippen molar-refractivity contribution < 1.29 is 0 Å². The molecule has 0 bridgehead atoms. The zero-order valence-corrected chi connectivity index (χ0v) is 38.1. The van der Waals surface area contributed by atoms with E-state index in [2.05, 4.69) is 199 Å². The van der Waals surface area contributed by atoms with Crippen molar-refractivity contribution >= 4 is 57.2 Å². The maximum absolute atomic E-state index is 2.67. The van der Waals surface area contributed by atoms with E-state index in [1.807, 2.05) is 0 Å². The van der Waals surface area contributed by atoms with Gasteiger partial charge in [0.15, 0.2) is 0 Å². The number of nitrogens with zero attached hydrogens (tertiary/aromatic N) is 2. The maximum Gasteiger partial charge on any atom is 0.252 e. The maximum atomic E-state index is 2.67. The SMILES string of the molecule is Cc1cc2c3c(c1)N(c1cc(C(C)(C)C)cc(C(C)(C)C)c1)c1cc4c(cc1B3c1ccc(C(C)(C)C)cc1N2c1cc(C(C)(C)C)cc(C(C)(C)C)c1)CCC4. The van der Waals surface area contributed by atoms with Gasteiger partial charge in [-0.2, -0.15) is 0 Å². The van der Waals surface area contributed by atoms with E-state index in [1.165, 1.54) is 101 Å². The summed E-state index contributed by atoms with van der Waals surface area (Å²) < 4.78 is 0. The molecule has 0 aromatic heterocycles. The lowest BCUT2D eigenvalue weighted by atomic mass is 9.33. The topological polar surface area (TPSA) is 6.48 Å². The van der Waals surface area contributed by atoms with Crippen LogP contribution in [0.2, 0.25) is 0 Å². The van der Waals surface area contributed by atoms with Crippen molar-refractivity contribution in [3.63, 3.8) is 0 Å². The van der Waals surface area contributed by atoms with E-state index in [1.54, 1.807) is 0 Å². The van der Waals surface area contributed by atoms with E-state index in [4.69, 9.17) is 0 Å². The van der Waals surface area contributed by atoms with Crippen LogP contribution in [-0.4, -0.2) is 6.71 Å². The highest BCUT2D eigenvalue weighted by atomic mass is 15.2. The molecule has 0 fully saturated rings. The van der Waals surface area contributed by atoms with Crippen molar-refractivity contribution in [1.82, 2.24) is 0 Å². The molecular formula is C54H67BN2. The second kappa shape index (κ2) is 12.9. The Kier molecular flexibility index (Phi) is 8.95. The third-order valence-corrected chi connectivity index (χ3v) is 13.1. The van der Waals surface area contributed by atoms with Gasteiger partial charge in [0, 0.05) is 34.1 Å². The van der Waals surface area contributed by atoms with Crippen molar-refractivity contribution in [3.8, 4) is 0 Å². The molecule has 8 rings (SSSR count). The summed E-state index contributed by atoms with van der Waals surface area (Å²) in [4.78, 5) is 5.32. The van der Waals surface area contributed by atoms with Gasteiger partial charge in [-0.15, -0.1) is 0 Å². The Labute approximate surface area is 346 Å². The first-order chi connectivity index (χ1) is 26.3. The molecule has 5 aromatic carbocycles. The van der Waals surface area contributed by atoms with E-state index in [0.717, 1.165) is 12.8 Å². The molecule has 1 aliphatic carbocycles. The zero-order chi connectivity index (χ0) is 41.4. The van der Waals surface area contributed by atoms with Gasteiger partial charge in [-0.3, -0.25) is 0 Å². The highest BCUT2D eigenvalue weighted by molar-refractivity contribution is 7.00. The minimum absolute atomic E-state index is 0.00443. The normalized spacial score (nSPS) is 15.4. The van der Waals surface area contributed by atoms with Gasteiger partial charge in [-0.1, -0.05) is 134 Å². The van der Waals surface area contributed by atoms with Crippen LogP contribution < -0.4 is 26.2 Å². The third kappa shape index (κ3) is 6.85. The Morgan fingerprint density at radius 3 is 1.23 bits per heavy atom. The minimum atomic E-state index is -0.00456. The number of rotatable bonds is 2. The van der Waals surface area contributed by atoms with Crippen LogP contribution in [-0.2, 0) is 39.9 Å².